The molecule has 0 radical (unpaired) electrons. The van der Waals surface area contributed by atoms with Gasteiger partial charge in [0.05, 0.1) is 5.75 Å². The smallest absolute Gasteiger partial charge is 0.238 e. The van der Waals surface area contributed by atoms with Crippen LogP contribution in [0.4, 0.5) is 0 Å². The highest BCUT2D eigenvalue weighted by atomic mass is 32.2. The molecule has 1 fully saturated rings. The second kappa shape index (κ2) is 7.06. The standard InChI is InChI=1S/C11H23N3O3S/c1-2-3-9-18(16,17)14-8-4-5-10(14)11(15)13-7-6-12/h10H,2-9,12H2,1H3,(H,13,15). The van der Waals surface area contributed by atoms with Crippen LogP contribution in [0.1, 0.15) is 32.6 Å². The van der Waals surface area contributed by atoms with Crippen molar-refractivity contribution in [1.82, 2.24) is 9.62 Å². The fourth-order valence-electron chi connectivity index (χ4n) is 2.09. The molecule has 0 aromatic carbocycles. The lowest BCUT2D eigenvalue weighted by Gasteiger charge is -2.23. The van der Waals surface area contributed by atoms with E-state index in [1.54, 1.807) is 0 Å². The lowest BCUT2D eigenvalue weighted by Crippen LogP contribution is -2.47. The number of nitrogens with two attached hydrogens (primary N) is 1. The summed E-state index contributed by atoms with van der Waals surface area (Å²) >= 11 is 0. The summed E-state index contributed by atoms with van der Waals surface area (Å²) in [6, 6.07) is -0.543. The topological polar surface area (TPSA) is 92.5 Å². The molecule has 1 saturated heterocycles. The highest BCUT2D eigenvalue weighted by Gasteiger charge is 2.37. The predicted molar refractivity (Wildman–Crippen MR) is 70.5 cm³/mol. The van der Waals surface area contributed by atoms with Gasteiger partial charge in [-0.05, 0) is 19.3 Å². The highest BCUT2D eigenvalue weighted by Crippen LogP contribution is 2.22. The largest absolute Gasteiger partial charge is 0.353 e. The molecule has 1 rings (SSSR count). The van der Waals surface area contributed by atoms with Gasteiger partial charge in [-0.25, -0.2) is 8.42 Å². The molecular weight excluding hydrogens is 254 g/mol. The van der Waals surface area contributed by atoms with Crippen molar-refractivity contribution in [3.05, 3.63) is 0 Å². The van der Waals surface area contributed by atoms with Crippen LogP contribution in [0.15, 0.2) is 0 Å². The van der Waals surface area contributed by atoms with Crippen LogP contribution in [0.2, 0.25) is 0 Å². The Hall–Kier alpha value is -0.660. The van der Waals surface area contributed by atoms with Crippen LogP contribution >= 0.6 is 0 Å². The highest BCUT2D eigenvalue weighted by molar-refractivity contribution is 7.89. The first kappa shape index (κ1) is 15.4. The van der Waals surface area contributed by atoms with E-state index >= 15 is 0 Å². The molecular formula is C11H23N3O3S. The van der Waals surface area contributed by atoms with Gasteiger partial charge in [-0.15, -0.1) is 0 Å². The molecule has 6 nitrogen and oxygen atoms in total. The summed E-state index contributed by atoms with van der Waals surface area (Å²) in [5, 5.41) is 2.66. The molecule has 1 aliphatic heterocycles. The summed E-state index contributed by atoms with van der Waals surface area (Å²) in [5.74, 6) is -0.0949. The fraction of sp³-hybridized carbons (Fsp3) is 0.909. The number of carbonyl (C=O) groups excluding carboxylic acids is 1. The minimum atomic E-state index is -3.30. The summed E-state index contributed by atoms with van der Waals surface area (Å²) in [5.41, 5.74) is 5.32. The number of amides is 1. The Bertz CT molecular complexity index is 370. The Balaban J connectivity index is 2.66. The number of carbonyl (C=O) groups is 1. The molecule has 0 aromatic heterocycles. The van der Waals surface area contributed by atoms with E-state index in [-0.39, 0.29) is 11.7 Å². The third-order valence-corrected chi connectivity index (χ3v) is 5.02. The Morgan fingerprint density at radius 3 is 2.83 bits per heavy atom. The lowest BCUT2D eigenvalue weighted by atomic mass is 10.2. The van der Waals surface area contributed by atoms with E-state index in [1.165, 1.54) is 4.31 Å². The van der Waals surface area contributed by atoms with Gasteiger partial charge in [0.25, 0.3) is 0 Å². The van der Waals surface area contributed by atoms with Crippen molar-refractivity contribution in [3.8, 4) is 0 Å². The van der Waals surface area contributed by atoms with Crippen LogP contribution in [0.3, 0.4) is 0 Å². The second-order valence-corrected chi connectivity index (χ2v) is 6.56. The number of nitrogens with one attached hydrogen (secondary N) is 1. The molecule has 0 aromatic rings. The quantitative estimate of drug-likeness (QED) is 0.665. The number of unbranched alkanes of at least 4 members (excludes halogenated alkanes) is 1. The summed E-state index contributed by atoms with van der Waals surface area (Å²) in [6.07, 6.45) is 2.81. The van der Waals surface area contributed by atoms with Crippen LogP contribution < -0.4 is 11.1 Å². The molecule has 0 bridgehead atoms. The van der Waals surface area contributed by atoms with E-state index in [0.717, 1.165) is 12.8 Å². The maximum Gasteiger partial charge on any atom is 0.238 e. The zero-order valence-electron chi connectivity index (χ0n) is 10.9. The molecule has 1 heterocycles. The Morgan fingerprint density at radius 1 is 1.50 bits per heavy atom. The van der Waals surface area contributed by atoms with Gasteiger partial charge in [-0.2, -0.15) is 4.31 Å². The maximum absolute atomic E-state index is 12.1. The van der Waals surface area contributed by atoms with Gasteiger partial charge in [0, 0.05) is 19.6 Å². The normalized spacial score (nSPS) is 21.1. The van der Waals surface area contributed by atoms with E-state index in [4.69, 9.17) is 5.73 Å². The van der Waals surface area contributed by atoms with Crippen LogP contribution in [-0.4, -0.2) is 50.1 Å². The average Bonchev–Trinajstić information content (AvgIpc) is 2.83. The van der Waals surface area contributed by atoms with Crippen molar-refractivity contribution in [1.29, 1.82) is 0 Å². The van der Waals surface area contributed by atoms with E-state index in [9.17, 15) is 13.2 Å². The third kappa shape index (κ3) is 3.93. The van der Waals surface area contributed by atoms with Gasteiger partial charge >= 0.3 is 0 Å². The van der Waals surface area contributed by atoms with E-state index in [0.29, 0.717) is 32.5 Å². The van der Waals surface area contributed by atoms with Gasteiger partial charge in [0.2, 0.25) is 15.9 Å². The first-order valence-electron chi connectivity index (χ1n) is 6.50. The van der Waals surface area contributed by atoms with Crippen molar-refractivity contribution in [2.75, 3.05) is 25.4 Å². The summed E-state index contributed by atoms with van der Waals surface area (Å²) in [4.78, 5) is 11.9. The predicted octanol–water partition coefficient (Wildman–Crippen LogP) is -0.344. The third-order valence-electron chi connectivity index (χ3n) is 3.06. The Labute approximate surface area is 109 Å². The number of nitrogens with zero attached hydrogens (tertiary/aromatic N) is 1. The minimum absolute atomic E-state index is 0.129. The van der Waals surface area contributed by atoms with Crippen molar-refractivity contribution < 1.29 is 13.2 Å². The van der Waals surface area contributed by atoms with E-state index < -0.39 is 16.1 Å². The number of hydrogen-bond acceptors (Lipinski definition) is 4. The number of rotatable bonds is 7. The molecule has 1 aliphatic rings. The molecule has 0 spiro atoms. The summed E-state index contributed by atoms with van der Waals surface area (Å²) in [7, 11) is -3.30. The van der Waals surface area contributed by atoms with Gasteiger partial charge in [0.15, 0.2) is 0 Å². The van der Waals surface area contributed by atoms with Crippen molar-refractivity contribution >= 4 is 15.9 Å². The Kier molecular flexibility index (Phi) is 6.04. The first-order valence-corrected chi connectivity index (χ1v) is 8.11. The zero-order valence-corrected chi connectivity index (χ0v) is 11.7. The molecule has 3 N–H and O–H groups in total. The molecule has 18 heavy (non-hydrogen) atoms. The number of hydrogen-bond donors (Lipinski definition) is 2. The first-order chi connectivity index (χ1) is 8.53. The second-order valence-electron chi connectivity index (χ2n) is 4.52. The van der Waals surface area contributed by atoms with E-state index in [1.807, 2.05) is 6.92 Å². The van der Waals surface area contributed by atoms with Gasteiger partial charge in [-0.3, -0.25) is 4.79 Å². The molecule has 1 unspecified atom stereocenters. The van der Waals surface area contributed by atoms with Gasteiger partial charge in [0.1, 0.15) is 6.04 Å². The van der Waals surface area contributed by atoms with E-state index in [2.05, 4.69) is 5.32 Å². The number of sulfonamides is 1. The summed E-state index contributed by atoms with van der Waals surface area (Å²) in [6.45, 7) is 3.15. The molecule has 106 valence electrons. The van der Waals surface area contributed by atoms with Crippen LogP contribution in [0, 0.1) is 0 Å². The Morgan fingerprint density at radius 2 is 2.22 bits per heavy atom. The maximum atomic E-state index is 12.1. The molecule has 1 amide bonds. The van der Waals surface area contributed by atoms with Crippen LogP contribution in [0.25, 0.3) is 0 Å². The SMILES string of the molecule is CCCCS(=O)(=O)N1CCCC1C(=O)NCCN. The minimum Gasteiger partial charge on any atom is -0.353 e. The van der Waals surface area contributed by atoms with Crippen molar-refractivity contribution in [2.24, 2.45) is 5.73 Å². The fourth-order valence-corrected chi connectivity index (χ4v) is 3.98. The van der Waals surface area contributed by atoms with Gasteiger partial charge < -0.3 is 11.1 Å². The van der Waals surface area contributed by atoms with Crippen molar-refractivity contribution in [2.45, 2.75) is 38.6 Å². The monoisotopic (exact) mass is 277 g/mol. The van der Waals surface area contributed by atoms with Gasteiger partial charge in [-0.1, -0.05) is 13.3 Å². The average molecular weight is 277 g/mol. The molecule has 7 heteroatoms. The van der Waals surface area contributed by atoms with Crippen LogP contribution in [0.5, 0.6) is 0 Å². The zero-order chi connectivity index (χ0) is 13.6. The lowest BCUT2D eigenvalue weighted by molar-refractivity contribution is -0.124. The van der Waals surface area contributed by atoms with Crippen LogP contribution in [-0.2, 0) is 14.8 Å². The molecule has 0 aliphatic carbocycles. The summed E-state index contributed by atoms with van der Waals surface area (Å²) < 4.78 is 25.6. The van der Waals surface area contributed by atoms with Crippen molar-refractivity contribution in [3.63, 3.8) is 0 Å². The molecule has 0 saturated carbocycles. The molecule has 1 atom stereocenters.